The third-order valence-corrected chi connectivity index (χ3v) is 6.26. The van der Waals surface area contributed by atoms with Gasteiger partial charge in [0, 0.05) is 21.3 Å². The predicted octanol–water partition coefficient (Wildman–Crippen LogP) is 5.84. The average molecular weight is 566 g/mol. The molecule has 0 aliphatic rings. The van der Waals surface area contributed by atoms with Gasteiger partial charge in [-0.25, -0.2) is 0 Å². The Labute approximate surface area is 226 Å². The molecular weight excluding hydrogens is 534 g/mol. The highest BCUT2D eigenvalue weighted by molar-refractivity contribution is 9.10. The van der Waals surface area contributed by atoms with Gasteiger partial charge >= 0.3 is 0 Å². The molecule has 0 saturated carbocycles. The van der Waals surface area contributed by atoms with Crippen molar-refractivity contribution in [2.24, 2.45) is 0 Å². The molecule has 3 aromatic carbocycles. The Morgan fingerprint density at radius 3 is 1.86 bits per heavy atom. The molecule has 37 heavy (non-hydrogen) atoms. The van der Waals surface area contributed by atoms with E-state index in [1.165, 1.54) is 0 Å². The fraction of sp³-hybridized carbons (Fsp3) is 0.276. The van der Waals surface area contributed by atoms with Crippen LogP contribution in [0.15, 0.2) is 65.1 Å². The molecule has 0 heterocycles. The van der Waals surface area contributed by atoms with E-state index in [2.05, 4.69) is 52.9 Å². The van der Waals surface area contributed by atoms with Crippen LogP contribution in [0.4, 0.5) is 5.69 Å². The second-order valence-electron chi connectivity index (χ2n) is 9.93. The summed E-state index contributed by atoms with van der Waals surface area (Å²) < 4.78 is 6.75. The Bertz CT molecular complexity index is 1270. The number of benzene rings is 3. The van der Waals surface area contributed by atoms with Crippen molar-refractivity contribution >= 4 is 39.3 Å². The summed E-state index contributed by atoms with van der Waals surface area (Å²) in [6.45, 7) is 11.8. The second kappa shape index (κ2) is 11.6. The van der Waals surface area contributed by atoms with Crippen LogP contribution >= 0.6 is 15.9 Å². The first-order valence-electron chi connectivity index (χ1n) is 11.9. The smallest absolute Gasteiger partial charge is 0.279 e. The molecule has 1 atom stereocenters. The molecule has 0 bridgehead atoms. The highest BCUT2D eigenvalue weighted by Gasteiger charge is 2.19. The average Bonchev–Trinajstić information content (AvgIpc) is 2.84. The molecule has 0 saturated heterocycles. The molecule has 0 aromatic heterocycles. The van der Waals surface area contributed by atoms with Crippen LogP contribution in [-0.4, -0.2) is 23.8 Å². The quantitative estimate of drug-likeness (QED) is 0.327. The van der Waals surface area contributed by atoms with Crippen LogP contribution in [0.5, 0.6) is 5.75 Å². The van der Waals surface area contributed by atoms with E-state index in [1.54, 1.807) is 43.3 Å². The zero-order valence-corrected chi connectivity index (χ0v) is 23.4. The van der Waals surface area contributed by atoms with Crippen molar-refractivity contribution in [1.82, 2.24) is 10.9 Å². The minimum absolute atomic E-state index is 0.00750. The van der Waals surface area contributed by atoms with Crippen LogP contribution < -0.4 is 20.9 Å². The summed E-state index contributed by atoms with van der Waals surface area (Å²) in [5, 5.41) is 2.82. The van der Waals surface area contributed by atoms with Gasteiger partial charge in [0.1, 0.15) is 5.75 Å². The van der Waals surface area contributed by atoms with Gasteiger partial charge < -0.3 is 10.1 Å². The third kappa shape index (κ3) is 7.43. The van der Waals surface area contributed by atoms with E-state index in [-0.39, 0.29) is 11.3 Å². The van der Waals surface area contributed by atoms with Crippen LogP contribution in [0.1, 0.15) is 65.1 Å². The zero-order valence-electron chi connectivity index (χ0n) is 21.9. The SMILES string of the molecule is Cc1cc(Br)cc(C)c1OC(C)C(=O)NNC(=O)c1ccc(NC(=O)c2ccc(C(C)(C)C)cc2)cc1. The van der Waals surface area contributed by atoms with Crippen molar-refractivity contribution in [2.75, 3.05) is 5.32 Å². The van der Waals surface area contributed by atoms with E-state index in [1.807, 2.05) is 38.1 Å². The maximum absolute atomic E-state index is 12.6. The van der Waals surface area contributed by atoms with Gasteiger partial charge in [0.25, 0.3) is 17.7 Å². The fourth-order valence-electron chi connectivity index (χ4n) is 3.64. The molecule has 3 amide bonds. The highest BCUT2D eigenvalue weighted by Crippen LogP contribution is 2.28. The molecule has 0 radical (unpaired) electrons. The first-order chi connectivity index (χ1) is 17.3. The molecule has 7 nitrogen and oxygen atoms in total. The van der Waals surface area contributed by atoms with E-state index in [4.69, 9.17) is 4.74 Å². The third-order valence-electron chi connectivity index (χ3n) is 5.81. The molecular formula is C29H32BrN3O4. The summed E-state index contributed by atoms with van der Waals surface area (Å²) in [7, 11) is 0. The highest BCUT2D eigenvalue weighted by atomic mass is 79.9. The van der Waals surface area contributed by atoms with Gasteiger partial charge in [-0.05, 0) is 91.4 Å². The lowest BCUT2D eigenvalue weighted by Crippen LogP contribution is -2.47. The number of rotatable bonds is 6. The second-order valence-corrected chi connectivity index (χ2v) is 10.8. The summed E-state index contributed by atoms with van der Waals surface area (Å²) in [5.74, 6) is -0.598. The molecule has 1 unspecified atom stereocenters. The number of ether oxygens (including phenoxy) is 1. The number of halogens is 1. The van der Waals surface area contributed by atoms with E-state index in [9.17, 15) is 14.4 Å². The first kappa shape index (κ1) is 27.9. The molecule has 194 valence electrons. The monoisotopic (exact) mass is 565 g/mol. The first-order valence-corrected chi connectivity index (χ1v) is 12.7. The number of anilines is 1. The molecule has 0 aliphatic carbocycles. The predicted molar refractivity (Wildman–Crippen MR) is 149 cm³/mol. The molecule has 3 aromatic rings. The van der Waals surface area contributed by atoms with E-state index >= 15 is 0 Å². The Hall–Kier alpha value is -3.65. The number of hydrazine groups is 1. The van der Waals surface area contributed by atoms with Crippen molar-refractivity contribution in [3.63, 3.8) is 0 Å². The lowest BCUT2D eigenvalue weighted by molar-refractivity contribution is -0.128. The van der Waals surface area contributed by atoms with Gasteiger partial charge in [-0.3, -0.25) is 25.2 Å². The van der Waals surface area contributed by atoms with E-state index in [0.717, 1.165) is 21.2 Å². The summed E-state index contributed by atoms with van der Waals surface area (Å²) in [5.41, 5.74) is 9.14. The number of hydrogen-bond donors (Lipinski definition) is 3. The van der Waals surface area contributed by atoms with E-state index in [0.29, 0.717) is 22.6 Å². The molecule has 8 heteroatoms. The topological polar surface area (TPSA) is 96.5 Å². The van der Waals surface area contributed by atoms with Crippen LogP contribution in [-0.2, 0) is 10.2 Å². The number of hydrogen-bond acceptors (Lipinski definition) is 4. The molecule has 0 aliphatic heterocycles. The Morgan fingerprint density at radius 2 is 1.32 bits per heavy atom. The maximum atomic E-state index is 12.6. The van der Waals surface area contributed by atoms with Crippen molar-refractivity contribution in [3.05, 3.63) is 93.0 Å². The van der Waals surface area contributed by atoms with Crippen molar-refractivity contribution in [3.8, 4) is 5.75 Å². The molecule has 3 N–H and O–H groups in total. The normalized spacial score (nSPS) is 11.9. The Kier molecular flexibility index (Phi) is 8.76. The maximum Gasteiger partial charge on any atom is 0.279 e. The standard InChI is InChI=1S/C29H32BrN3O4/c1-17-15-23(30)16-18(2)25(17)37-19(3)26(34)32-33-28(36)21-9-13-24(14-10-21)31-27(35)20-7-11-22(12-8-20)29(4,5)6/h7-16,19H,1-6H3,(H,31,35)(H,32,34)(H,33,36). The number of amides is 3. The van der Waals surface area contributed by atoms with Crippen LogP contribution in [0.25, 0.3) is 0 Å². The molecule has 3 rings (SSSR count). The summed E-state index contributed by atoms with van der Waals surface area (Å²) in [6, 6.07) is 17.7. The van der Waals surface area contributed by atoms with E-state index < -0.39 is 17.9 Å². The van der Waals surface area contributed by atoms with Crippen molar-refractivity contribution < 1.29 is 19.1 Å². The number of nitrogens with one attached hydrogen (secondary N) is 3. The lowest BCUT2D eigenvalue weighted by Gasteiger charge is -2.19. The number of carbonyl (C=O) groups is 3. The largest absolute Gasteiger partial charge is 0.480 e. The summed E-state index contributed by atoms with van der Waals surface area (Å²) in [6.07, 6.45) is -0.825. The van der Waals surface area contributed by atoms with Crippen LogP contribution in [0.3, 0.4) is 0 Å². The summed E-state index contributed by atoms with van der Waals surface area (Å²) >= 11 is 3.44. The minimum Gasteiger partial charge on any atom is -0.480 e. The lowest BCUT2D eigenvalue weighted by atomic mass is 9.87. The molecule has 0 fully saturated rings. The fourth-order valence-corrected chi connectivity index (χ4v) is 4.32. The number of aryl methyl sites for hydroxylation is 2. The summed E-state index contributed by atoms with van der Waals surface area (Å²) in [4.78, 5) is 37.5. The van der Waals surface area contributed by atoms with Gasteiger partial charge in [-0.2, -0.15) is 0 Å². The van der Waals surface area contributed by atoms with Gasteiger partial charge in [-0.1, -0.05) is 48.8 Å². The minimum atomic E-state index is -0.825. The van der Waals surface area contributed by atoms with Crippen molar-refractivity contribution in [2.45, 2.75) is 53.1 Å². The van der Waals surface area contributed by atoms with Crippen LogP contribution in [0, 0.1) is 13.8 Å². The van der Waals surface area contributed by atoms with Gasteiger partial charge in [0.2, 0.25) is 0 Å². The number of carbonyl (C=O) groups excluding carboxylic acids is 3. The molecule has 0 spiro atoms. The van der Waals surface area contributed by atoms with Gasteiger partial charge in [-0.15, -0.1) is 0 Å². The van der Waals surface area contributed by atoms with Gasteiger partial charge in [0.15, 0.2) is 6.10 Å². The Morgan fingerprint density at radius 1 is 0.811 bits per heavy atom. The Balaban J connectivity index is 1.53. The van der Waals surface area contributed by atoms with Gasteiger partial charge in [0.05, 0.1) is 0 Å². The van der Waals surface area contributed by atoms with Crippen LogP contribution in [0.2, 0.25) is 0 Å². The van der Waals surface area contributed by atoms with Crippen molar-refractivity contribution in [1.29, 1.82) is 0 Å². The zero-order chi connectivity index (χ0) is 27.3.